The molecule has 0 radical (unpaired) electrons. The lowest BCUT2D eigenvalue weighted by molar-refractivity contribution is 0.321. The molecule has 0 saturated carbocycles. The van der Waals surface area contributed by atoms with Gasteiger partial charge in [0.15, 0.2) is 0 Å². The molecule has 6 heteroatoms. The van der Waals surface area contributed by atoms with Gasteiger partial charge < -0.3 is 10.6 Å². The third kappa shape index (κ3) is 6.20. The lowest BCUT2D eigenvalue weighted by Crippen LogP contribution is -2.33. The molecule has 0 aliphatic heterocycles. The van der Waals surface area contributed by atoms with Gasteiger partial charge in [0, 0.05) is 19.3 Å². The zero-order valence-electron chi connectivity index (χ0n) is 16.4. The van der Waals surface area contributed by atoms with Gasteiger partial charge in [-0.25, -0.2) is 4.98 Å². The van der Waals surface area contributed by atoms with Crippen LogP contribution in [-0.4, -0.2) is 55.4 Å². The molecular formula is C20H31N5S. The second-order valence-corrected chi connectivity index (χ2v) is 7.35. The number of benzene rings is 1. The van der Waals surface area contributed by atoms with Crippen LogP contribution in [0, 0.1) is 6.92 Å². The Hall–Kier alpha value is -1.76. The maximum atomic E-state index is 4.76. The molecule has 0 amide bonds. The summed E-state index contributed by atoms with van der Waals surface area (Å²) < 4.78 is 0. The van der Waals surface area contributed by atoms with Gasteiger partial charge >= 0.3 is 0 Å². The number of aliphatic imine (C=N–C) groups is 1. The van der Waals surface area contributed by atoms with E-state index in [0.717, 1.165) is 66.2 Å². The van der Waals surface area contributed by atoms with Crippen molar-refractivity contribution < 1.29 is 0 Å². The predicted molar refractivity (Wildman–Crippen MR) is 114 cm³/mol. The standard InChI is InChI=1S/C20H31N5S/c1-5-22-13-10-14-25(6-2)15-18(21-4)19-20(26-16(3)23-19)24-17-11-8-7-9-12-17/h7-9,11-12,22,24H,5-6,10,13-15H2,1-4H3. The largest absolute Gasteiger partial charge is 0.345 e. The predicted octanol–water partition coefficient (Wildman–Crippen LogP) is 3.94. The van der Waals surface area contributed by atoms with Crippen molar-refractivity contribution in [1.82, 2.24) is 15.2 Å². The molecule has 0 fully saturated rings. The van der Waals surface area contributed by atoms with Crippen molar-refractivity contribution in [2.24, 2.45) is 4.99 Å². The lowest BCUT2D eigenvalue weighted by atomic mass is 10.2. The first-order valence-electron chi connectivity index (χ1n) is 9.36. The summed E-state index contributed by atoms with van der Waals surface area (Å²) in [4.78, 5) is 11.8. The van der Waals surface area contributed by atoms with E-state index in [0.29, 0.717) is 0 Å². The molecule has 0 aliphatic carbocycles. The van der Waals surface area contributed by atoms with Crippen LogP contribution < -0.4 is 10.6 Å². The number of rotatable bonds is 11. The molecule has 0 atom stereocenters. The smallest absolute Gasteiger partial charge is 0.123 e. The summed E-state index contributed by atoms with van der Waals surface area (Å²) in [6.45, 7) is 11.4. The minimum Gasteiger partial charge on any atom is -0.345 e. The number of likely N-dealkylation sites (N-methyl/N-ethyl adjacent to an activating group) is 1. The van der Waals surface area contributed by atoms with Gasteiger partial charge in [0.05, 0.1) is 10.7 Å². The first-order valence-corrected chi connectivity index (χ1v) is 10.2. The average Bonchev–Trinajstić information content (AvgIpc) is 3.02. The van der Waals surface area contributed by atoms with Crippen LogP contribution in [0.1, 0.15) is 31.0 Å². The number of hydrogen-bond acceptors (Lipinski definition) is 6. The summed E-state index contributed by atoms with van der Waals surface area (Å²) >= 11 is 1.68. The molecule has 2 rings (SSSR count). The van der Waals surface area contributed by atoms with Crippen molar-refractivity contribution >= 4 is 27.7 Å². The van der Waals surface area contributed by atoms with E-state index in [2.05, 4.69) is 46.5 Å². The van der Waals surface area contributed by atoms with Crippen LogP contribution >= 0.6 is 11.3 Å². The van der Waals surface area contributed by atoms with Gasteiger partial charge in [0.25, 0.3) is 0 Å². The fourth-order valence-corrected chi connectivity index (χ4v) is 3.64. The molecule has 26 heavy (non-hydrogen) atoms. The summed E-state index contributed by atoms with van der Waals surface area (Å²) in [6, 6.07) is 10.2. The maximum Gasteiger partial charge on any atom is 0.123 e. The van der Waals surface area contributed by atoms with Crippen molar-refractivity contribution in [3.63, 3.8) is 0 Å². The van der Waals surface area contributed by atoms with Crippen LogP contribution in [-0.2, 0) is 0 Å². The number of nitrogens with zero attached hydrogens (tertiary/aromatic N) is 3. The minimum absolute atomic E-state index is 0.825. The molecule has 5 nitrogen and oxygen atoms in total. The van der Waals surface area contributed by atoms with Gasteiger partial charge in [-0.05, 0) is 51.7 Å². The lowest BCUT2D eigenvalue weighted by Gasteiger charge is -2.21. The molecule has 1 aromatic heterocycles. The maximum absolute atomic E-state index is 4.76. The quantitative estimate of drug-likeness (QED) is 0.463. The fourth-order valence-electron chi connectivity index (χ4n) is 2.78. The number of para-hydroxylation sites is 1. The molecule has 0 spiro atoms. The van der Waals surface area contributed by atoms with E-state index in [-0.39, 0.29) is 0 Å². The monoisotopic (exact) mass is 373 g/mol. The Labute approximate surface area is 161 Å². The van der Waals surface area contributed by atoms with Crippen LogP contribution in [0.25, 0.3) is 0 Å². The van der Waals surface area contributed by atoms with E-state index in [9.17, 15) is 0 Å². The molecule has 1 heterocycles. The molecule has 0 saturated heterocycles. The zero-order valence-corrected chi connectivity index (χ0v) is 17.2. The van der Waals surface area contributed by atoms with Gasteiger partial charge in [-0.15, -0.1) is 11.3 Å². The number of anilines is 2. The van der Waals surface area contributed by atoms with Gasteiger partial charge in [-0.1, -0.05) is 32.0 Å². The van der Waals surface area contributed by atoms with Gasteiger partial charge in [0.1, 0.15) is 10.7 Å². The summed E-state index contributed by atoms with van der Waals surface area (Å²) in [5.74, 6) is 0. The molecule has 0 aliphatic rings. The first-order chi connectivity index (χ1) is 12.7. The van der Waals surface area contributed by atoms with E-state index in [1.165, 1.54) is 0 Å². The van der Waals surface area contributed by atoms with Crippen molar-refractivity contribution in [2.45, 2.75) is 27.2 Å². The number of thiazole rings is 1. The Morgan fingerprint density at radius 2 is 2.00 bits per heavy atom. The Balaban J connectivity index is 2.09. The van der Waals surface area contributed by atoms with Gasteiger partial charge in [-0.3, -0.25) is 9.89 Å². The second kappa shape index (κ2) is 11.1. The molecule has 0 unspecified atom stereocenters. The fraction of sp³-hybridized carbons (Fsp3) is 0.500. The highest BCUT2D eigenvalue weighted by Gasteiger charge is 2.17. The van der Waals surface area contributed by atoms with Crippen LogP contribution in [0.4, 0.5) is 10.7 Å². The van der Waals surface area contributed by atoms with Crippen molar-refractivity contribution in [3.05, 3.63) is 41.0 Å². The Morgan fingerprint density at radius 1 is 1.23 bits per heavy atom. The summed E-state index contributed by atoms with van der Waals surface area (Å²) in [6.07, 6.45) is 1.14. The third-order valence-corrected chi connectivity index (χ3v) is 5.09. The van der Waals surface area contributed by atoms with Gasteiger partial charge in [0.2, 0.25) is 0 Å². The van der Waals surface area contributed by atoms with Crippen LogP contribution in [0.2, 0.25) is 0 Å². The highest BCUT2D eigenvalue weighted by molar-refractivity contribution is 7.16. The topological polar surface area (TPSA) is 52.5 Å². The van der Waals surface area contributed by atoms with E-state index in [1.807, 2.05) is 32.2 Å². The number of aromatic nitrogens is 1. The van der Waals surface area contributed by atoms with E-state index in [1.54, 1.807) is 11.3 Å². The second-order valence-electron chi connectivity index (χ2n) is 6.15. The van der Waals surface area contributed by atoms with Crippen LogP contribution in [0.3, 0.4) is 0 Å². The van der Waals surface area contributed by atoms with Crippen LogP contribution in [0.5, 0.6) is 0 Å². The van der Waals surface area contributed by atoms with Crippen molar-refractivity contribution in [2.75, 3.05) is 45.1 Å². The highest BCUT2D eigenvalue weighted by atomic mass is 32.1. The summed E-state index contributed by atoms with van der Waals surface area (Å²) in [5, 5.41) is 9.01. The molecular weight excluding hydrogens is 342 g/mol. The number of nitrogens with one attached hydrogen (secondary N) is 2. The summed E-state index contributed by atoms with van der Waals surface area (Å²) in [7, 11) is 1.86. The molecule has 1 aromatic carbocycles. The normalized spacial score (nSPS) is 12.0. The highest BCUT2D eigenvalue weighted by Crippen LogP contribution is 2.28. The van der Waals surface area contributed by atoms with Gasteiger partial charge in [-0.2, -0.15) is 0 Å². The average molecular weight is 374 g/mol. The van der Waals surface area contributed by atoms with E-state index < -0.39 is 0 Å². The Bertz CT molecular complexity index is 681. The minimum atomic E-state index is 0.825. The summed E-state index contributed by atoms with van der Waals surface area (Å²) in [5.41, 5.74) is 3.09. The van der Waals surface area contributed by atoms with Crippen molar-refractivity contribution in [3.8, 4) is 0 Å². The molecule has 2 N–H and O–H groups in total. The SMILES string of the molecule is CCNCCCN(CC)CC(=NC)c1nc(C)sc1Nc1ccccc1. The molecule has 142 valence electrons. The van der Waals surface area contributed by atoms with Crippen LogP contribution in [0.15, 0.2) is 35.3 Å². The molecule has 0 bridgehead atoms. The zero-order chi connectivity index (χ0) is 18.8. The third-order valence-electron chi connectivity index (χ3n) is 4.21. The van der Waals surface area contributed by atoms with E-state index >= 15 is 0 Å². The Morgan fingerprint density at radius 3 is 2.65 bits per heavy atom. The number of aryl methyl sites for hydroxylation is 1. The Kier molecular flexibility index (Phi) is 8.74. The van der Waals surface area contributed by atoms with Crippen molar-refractivity contribution in [1.29, 1.82) is 0 Å². The molecule has 2 aromatic rings. The number of hydrogen-bond donors (Lipinski definition) is 2. The van der Waals surface area contributed by atoms with E-state index in [4.69, 9.17) is 4.98 Å². The first kappa shape index (κ1) is 20.6.